The van der Waals surface area contributed by atoms with E-state index in [0.717, 1.165) is 18.4 Å². The summed E-state index contributed by atoms with van der Waals surface area (Å²) in [7, 11) is 0. The van der Waals surface area contributed by atoms with Gasteiger partial charge in [0.05, 0.1) is 12.7 Å². The molecule has 0 atom stereocenters. The third-order valence-electron chi connectivity index (χ3n) is 2.52. The highest BCUT2D eigenvalue weighted by atomic mass is 16.6. The molecule has 1 saturated carbocycles. The Morgan fingerprint density at radius 2 is 2.29 bits per heavy atom. The van der Waals surface area contributed by atoms with E-state index < -0.39 is 5.60 Å². The average molecular weight is 237 g/mol. The van der Waals surface area contributed by atoms with Crippen LogP contribution in [-0.2, 0) is 11.3 Å². The summed E-state index contributed by atoms with van der Waals surface area (Å²) in [5, 5.41) is 6.64. The van der Waals surface area contributed by atoms with Crippen molar-refractivity contribution in [2.45, 2.75) is 51.8 Å². The largest absolute Gasteiger partial charge is 0.444 e. The number of carbonyl (C=O) groups excluding carboxylic acids is 1. The molecule has 5 heteroatoms. The predicted octanol–water partition coefficient (Wildman–Crippen LogP) is 2.31. The molecule has 1 aromatic heterocycles. The molecule has 5 nitrogen and oxygen atoms in total. The zero-order chi connectivity index (χ0) is 12.5. The first-order chi connectivity index (χ1) is 7.96. The van der Waals surface area contributed by atoms with Gasteiger partial charge in [-0.1, -0.05) is 0 Å². The third kappa shape index (κ3) is 3.47. The molecule has 1 aliphatic rings. The number of rotatable bonds is 3. The van der Waals surface area contributed by atoms with E-state index in [4.69, 9.17) is 4.74 Å². The maximum absolute atomic E-state index is 12.0. The van der Waals surface area contributed by atoms with Crippen molar-refractivity contribution in [3.05, 3.63) is 18.0 Å². The number of amides is 1. The number of hydrogen-bond acceptors (Lipinski definition) is 3. The van der Waals surface area contributed by atoms with Crippen LogP contribution >= 0.6 is 0 Å². The number of nitrogens with one attached hydrogen (secondary N) is 1. The molecule has 17 heavy (non-hydrogen) atoms. The molecule has 0 bridgehead atoms. The van der Waals surface area contributed by atoms with Gasteiger partial charge in [0.1, 0.15) is 5.60 Å². The van der Waals surface area contributed by atoms with E-state index in [0.29, 0.717) is 12.6 Å². The second-order valence-corrected chi connectivity index (χ2v) is 5.45. The Hall–Kier alpha value is -1.52. The second-order valence-electron chi connectivity index (χ2n) is 5.45. The SMILES string of the molecule is CC(C)(C)OC(=O)N(Cc1cn[nH]c1)C1CC1. The van der Waals surface area contributed by atoms with Gasteiger partial charge >= 0.3 is 6.09 Å². The van der Waals surface area contributed by atoms with Crippen molar-refractivity contribution < 1.29 is 9.53 Å². The number of ether oxygens (including phenoxy) is 1. The molecule has 1 aliphatic carbocycles. The monoisotopic (exact) mass is 237 g/mol. The van der Waals surface area contributed by atoms with Crippen molar-refractivity contribution in [3.63, 3.8) is 0 Å². The van der Waals surface area contributed by atoms with Crippen LogP contribution in [0.5, 0.6) is 0 Å². The Kier molecular flexibility index (Phi) is 3.09. The molecule has 0 aromatic carbocycles. The third-order valence-corrected chi connectivity index (χ3v) is 2.52. The molecular formula is C12H19N3O2. The van der Waals surface area contributed by atoms with E-state index in [9.17, 15) is 4.79 Å². The van der Waals surface area contributed by atoms with Crippen molar-refractivity contribution in [3.8, 4) is 0 Å². The highest BCUT2D eigenvalue weighted by Gasteiger charge is 2.35. The van der Waals surface area contributed by atoms with Crippen molar-refractivity contribution in [1.82, 2.24) is 15.1 Å². The summed E-state index contributed by atoms with van der Waals surface area (Å²) in [6.07, 6.45) is 5.44. The average Bonchev–Trinajstić information content (AvgIpc) is 2.89. The number of aromatic nitrogens is 2. The fourth-order valence-corrected chi connectivity index (χ4v) is 1.61. The molecule has 1 amide bonds. The number of nitrogens with zero attached hydrogens (tertiary/aromatic N) is 2. The molecule has 94 valence electrons. The summed E-state index contributed by atoms with van der Waals surface area (Å²) in [5.74, 6) is 0. The maximum Gasteiger partial charge on any atom is 0.410 e. The molecule has 1 N–H and O–H groups in total. The summed E-state index contributed by atoms with van der Waals surface area (Å²) >= 11 is 0. The van der Waals surface area contributed by atoms with E-state index >= 15 is 0 Å². The molecule has 1 fully saturated rings. The van der Waals surface area contributed by atoms with Crippen LogP contribution in [0.15, 0.2) is 12.4 Å². The Morgan fingerprint density at radius 1 is 1.59 bits per heavy atom. The van der Waals surface area contributed by atoms with Crippen LogP contribution in [0, 0.1) is 0 Å². The molecule has 0 radical (unpaired) electrons. The molecule has 0 spiro atoms. The summed E-state index contributed by atoms with van der Waals surface area (Å²) in [5.41, 5.74) is 0.559. The van der Waals surface area contributed by atoms with E-state index in [-0.39, 0.29) is 6.09 Å². The summed E-state index contributed by atoms with van der Waals surface area (Å²) in [6.45, 7) is 6.21. The summed E-state index contributed by atoms with van der Waals surface area (Å²) in [6, 6.07) is 0.333. The fourth-order valence-electron chi connectivity index (χ4n) is 1.61. The van der Waals surface area contributed by atoms with Gasteiger partial charge in [-0.15, -0.1) is 0 Å². The summed E-state index contributed by atoms with van der Waals surface area (Å²) < 4.78 is 5.41. The summed E-state index contributed by atoms with van der Waals surface area (Å²) in [4.78, 5) is 13.8. The number of carbonyl (C=O) groups is 1. The Morgan fingerprint density at radius 3 is 2.76 bits per heavy atom. The van der Waals surface area contributed by atoms with Crippen LogP contribution in [0.25, 0.3) is 0 Å². The fraction of sp³-hybridized carbons (Fsp3) is 0.667. The van der Waals surface area contributed by atoms with Crippen LogP contribution in [-0.4, -0.2) is 32.8 Å². The minimum atomic E-state index is -0.444. The normalized spacial score (nSPS) is 15.7. The lowest BCUT2D eigenvalue weighted by atomic mass is 10.2. The maximum atomic E-state index is 12.0. The first kappa shape index (κ1) is 12.0. The molecular weight excluding hydrogens is 218 g/mol. The van der Waals surface area contributed by atoms with Crippen LogP contribution in [0.4, 0.5) is 4.79 Å². The first-order valence-corrected chi connectivity index (χ1v) is 5.93. The standard InChI is InChI=1S/C12H19N3O2/c1-12(2,3)17-11(16)15(10-4-5-10)8-9-6-13-14-7-9/h6-7,10H,4-5,8H2,1-3H3,(H,13,14). The highest BCUT2D eigenvalue weighted by molar-refractivity contribution is 5.69. The van der Waals surface area contributed by atoms with Gasteiger partial charge in [-0.05, 0) is 33.6 Å². The minimum absolute atomic E-state index is 0.235. The molecule has 0 aliphatic heterocycles. The molecule has 2 rings (SSSR count). The topological polar surface area (TPSA) is 58.2 Å². The van der Waals surface area contributed by atoms with Crippen molar-refractivity contribution in [2.75, 3.05) is 0 Å². The van der Waals surface area contributed by atoms with Crippen LogP contribution in [0.2, 0.25) is 0 Å². The van der Waals surface area contributed by atoms with E-state index in [1.54, 1.807) is 17.3 Å². The first-order valence-electron chi connectivity index (χ1n) is 5.93. The lowest BCUT2D eigenvalue weighted by Gasteiger charge is -2.27. The van der Waals surface area contributed by atoms with Gasteiger partial charge in [0.25, 0.3) is 0 Å². The smallest absolute Gasteiger partial charge is 0.410 e. The number of hydrogen-bond donors (Lipinski definition) is 1. The van der Waals surface area contributed by atoms with Crippen LogP contribution in [0.1, 0.15) is 39.2 Å². The quantitative estimate of drug-likeness (QED) is 0.877. The lowest BCUT2D eigenvalue weighted by molar-refractivity contribution is 0.0217. The Balaban J connectivity index is 1.99. The van der Waals surface area contributed by atoms with Gasteiger partial charge in [-0.2, -0.15) is 5.10 Å². The van der Waals surface area contributed by atoms with Gasteiger partial charge in [-0.3, -0.25) is 5.10 Å². The van der Waals surface area contributed by atoms with Gasteiger partial charge < -0.3 is 9.64 Å². The van der Waals surface area contributed by atoms with E-state index in [1.165, 1.54) is 0 Å². The molecule has 1 aromatic rings. The van der Waals surface area contributed by atoms with Gasteiger partial charge in [0.15, 0.2) is 0 Å². The van der Waals surface area contributed by atoms with Crippen LogP contribution in [0.3, 0.4) is 0 Å². The van der Waals surface area contributed by atoms with E-state index in [1.807, 2.05) is 20.8 Å². The Labute approximate surface area is 101 Å². The zero-order valence-electron chi connectivity index (χ0n) is 10.6. The zero-order valence-corrected chi connectivity index (χ0v) is 10.6. The second kappa shape index (κ2) is 4.39. The molecule has 1 heterocycles. The highest BCUT2D eigenvalue weighted by Crippen LogP contribution is 2.29. The van der Waals surface area contributed by atoms with E-state index in [2.05, 4.69) is 10.2 Å². The number of H-pyrrole nitrogens is 1. The van der Waals surface area contributed by atoms with Crippen molar-refractivity contribution >= 4 is 6.09 Å². The van der Waals surface area contributed by atoms with Gasteiger partial charge in [0, 0.05) is 17.8 Å². The number of aromatic amines is 1. The van der Waals surface area contributed by atoms with Crippen molar-refractivity contribution in [2.24, 2.45) is 0 Å². The van der Waals surface area contributed by atoms with Gasteiger partial charge in [0.2, 0.25) is 0 Å². The molecule has 0 unspecified atom stereocenters. The molecule has 0 saturated heterocycles. The Bertz CT molecular complexity index is 377. The lowest BCUT2D eigenvalue weighted by Crippen LogP contribution is -2.37. The van der Waals surface area contributed by atoms with Crippen molar-refractivity contribution in [1.29, 1.82) is 0 Å². The predicted molar refractivity (Wildman–Crippen MR) is 63.4 cm³/mol. The van der Waals surface area contributed by atoms with Crippen LogP contribution < -0.4 is 0 Å². The van der Waals surface area contributed by atoms with Gasteiger partial charge in [-0.25, -0.2) is 4.79 Å². The minimum Gasteiger partial charge on any atom is -0.444 e.